The third kappa shape index (κ3) is 4.18. The topological polar surface area (TPSA) is 66.5 Å². The molecule has 0 aliphatic carbocycles. The van der Waals surface area contributed by atoms with Gasteiger partial charge in [-0.2, -0.15) is 4.31 Å². The molecule has 2 aromatic carbocycles. The van der Waals surface area contributed by atoms with Crippen LogP contribution < -0.4 is 5.32 Å². The van der Waals surface area contributed by atoms with Crippen LogP contribution in [0.4, 0.5) is 5.69 Å². The van der Waals surface area contributed by atoms with Crippen molar-refractivity contribution in [3.63, 3.8) is 0 Å². The molecule has 1 heterocycles. The maximum atomic E-state index is 13.0. The van der Waals surface area contributed by atoms with Crippen LogP contribution in [-0.4, -0.2) is 31.2 Å². The number of sulfonamides is 1. The highest BCUT2D eigenvalue weighted by Gasteiger charge is 2.39. The number of nitrogens with zero attached hydrogens (tertiary/aromatic N) is 1. The number of halogens is 1. The van der Waals surface area contributed by atoms with Crippen LogP contribution in [0.5, 0.6) is 0 Å². The van der Waals surface area contributed by atoms with Gasteiger partial charge in [0.1, 0.15) is 6.04 Å². The lowest BCUT2D eigenvalue weighted by atomic mass is 10.0. The average Bonchev–Trinajstić information content (AvgIpc) is 3.13. The fraction of sp³-hybridized carbons (Fsp3) is 0.350. The highest BCUT2D eigenvalue weighted by molar-refractivity contribution is 7.89. The third-order valence-electron chi connectivity index (χ3n) is 4.77. The molecule has 0 saturated carbocycles. The molecule has 2 aromatic rings. The number of para-hydroxylation sites is 1. The Bertz CT molecular complexity index is 926. The van der Waals surface area contributed by atoms with Gasteiger partial charge in [0.25, 0.3) is 0 Å². The summed E-state index contributed by atoms with van der Waals surface area (Å²) in [6.45, 7) is 4.44. The van der Waals surface area contributed by atoms with Crippen molar-refractivity contribution in [1.29, 1.82) is 0 Å². The van der Waals surface area contributed by atoms with E-state index in [4.69, 9.17) is 11.6 Å². The maximum absolute atomic E-state index is 13.0. The van der Waals surface area contributed by atoms with Crippen LogP contribution >= 0.6 is 11.6 Å². The number of rotatable bonds is 5. The Hall–Kier alpha value is -1.89. The van der Waals surface area contributed by atoms with Crippen molar-refractivity contribution in [2.45, 2.75) is 43.5 Å². The summed E-state index contributed by atoms with van der Waals surface area (Å²) in [5.41, 5.74) is 1.75. The van der Waals surface area contributed by atoms with E-state index in [1.165, 1.54) is 16.4 Å². The van der Waals surface area contributed by atoms with Crippen LogP contribution in [0.2, 0.25) is 5.02 Å². The van der Waals surface area contributed by atoms with Crippen LogP contribution in [0.1, 0.15) is 38.2 Å². The molecule has 0 radical (unpaired) electrons. The maximum Gasteiger partial charge on any atom is 0.243 e. The molecule has 1 aliphatic heterocycles. The van der Waals surface area contributed by atoms with Gasteiger partial charge in [0.2, 0.25) is 15.9 Å². The molecule has 5 nitrogen and oxygen atoms in total. The molecule has 1 aliphatic rings. The highest BCUT2D eigenvalue weighted by atomic mass is 35.5. The largest absolute Gasteiger partial charge is 0.324 e. The lowest BCUT2D eigenvalue weighted by Crippen LogP contribution is -2.43. The number of nitrogens with one attached hydrogen (secondary N) is 1. The predicted octanol–water partition coefficient (Wildman–Crippen LogP) is 4.26. The van der Waals surface area contributed by atoms with Crippen LogP contribution in [0.25, 0.3) is 0 Å². The Labute approximate surface area is 165 Å². The second-order valence-corrected chi connectivity index (χ2v) is 9.29. The Morgan fingerprint density at radius 3 is 2.48 bits per heavy atom. The van der Waals surface area contributed by atoms with Gasteiger partial charge in [0.15, 0.2) is 0 Å². The van der Waals surface area contributed by atoms with Crippen LogP contribution in [0.15, 0.2) is 53.4 Å². The van der Waals surface area contributed by atoms with E-state index in [-0.39, 0.29) is 16.7 Å². The van der Waals surface area contributed by atoms with Gasteiger partial charge in [-0.3, -0.25) is 4.79 Å². The summed E-state index contributed by atoms with van der Waals surface area (Å²) in [6.07, 6.45) is 1.15. The van der Waals surface area contributed by atoms with Crippen molar-refractivity contribution in [3.8, 4) is 0 Å². The molecule has 3 rings (SSSR count). The normalized spacial score (nSPS) is 18.0. The van der Waals surface area contributed by atoms with E-state index in [0.29, 0.717) is 24.4 Å². The van der Waals surface area contributed by atoms with Gasteiger partial charge in [-0.1, -0.05) is 43.6 Å². The molecule has 144 valence electrons. The van der Waals surface area contributed by atoms with E-state index in [2.05, 4.69) is 19.2 Å². The van der Waals surface area contributed by atoms with E-state index in [0.717, 1.165) is 11.3 Å². The minimum absolute atomic E-state index is 0.147. The first-order chi connectivity index (χ1) is 12.8. The van der Waals surface area contributed by atoms with Crippen molar-refractivity contribution in [2.24, 2.45) is 0 Å². The summed E-state index contributed by atoms with van der Waals surface area (Å²) in [6, 6.07) is 12.9. The van der Waals surface area contributed by atoms with Crippen LogP contribution in [-0.2, 0) is 14.8 Å². The molecule has 1 saturated heterocycles. The Morgan fingerprint density at radius 1 is 1.15 bits per heavy atom. The van der Waals surface area contributed by atoms with Gasteiger partial charge in [-0.15, -0.1) is 0 Å². The van der Waals surface area contributed by atoms with Gasteiger partial charge in [0, 0.05) is 17.3 Å². The summed E-state index contributed by atoms with van der Waals surface area (Å²) >= 11 is 5.86. The second kappa shape index (κ2) is 8.00. The lowest BCUT2D eigenvalue weighted by Gasteiger charge is -2.24. The highest BCUT2D eigenvalue weighted by Crippen LogP contribution is 2.29. The zero-order valence-corrected chi connectivity index (χ0v) is 16.9. The van der Waals surface area contributed by atoms with E-state index in [9.17, 15) is 13.2 Å². The Kier molecular flexibility index (Phi) is 5.89. The number of hydrogen-bond donors (Lipinski definition) is 1. The van der Waals surface area contributed by atoms with Gasteiger partial charge < -0.3 is 5.32 Å². The van der Waals surface area contributed by atoms with E-state index in [1.807, 2.05) is 24.3 Å². The first-order valence-electron chi connectivity index (χ1n) is 8.98. The summed E-state index contributed by atoms with van der Waals surface area (Å²) in [5, 5.41) is 3.40. The summed E-state index contributed by atoms with van der Waals surface area (Å²) in [7, 11) is -3.75. The average molecular weight is 407 g/mol. The van der Waals surface area contributed by atoms with Crippen LogP contribution in [0.3, 0.4) is 0 Å². The quantitative estimate of drug-likeness (QED) is 0.806. The van der Waals surface area contributed by atoms with E-state index >= 15 is 0 Å². The molecular formula is C20H23ClN2O3S. The lowest BCUT2D eigenvalue weighted by molar-refractivity contribution is -0.119. The van der Waals surface area contributed by atoms with Gasteiger partial charge in [-0.05, 0) is 54.7 Å². The fourth-order valence-electron chi connectivity index (χ4n) is 3.36. The number of carbonyl (C=O) groups is 1. The number of amides is 1. The molecule has 0 spiro atoms. The van der Waals surface area contributed by atoms with Gasteiger partial charge in [0.05, 0.1) is 4.90 Å². The second-order valence-electron chi connectivity index (χ2n) is 6.96. The molecule has 1 atom stereocenters. The van der Waals surface area contributed by atoms with Crippen molar-refractivity contribution in [2.75, 3.05) is 11.9 Å². The zero-order valence-electron chi connectivity index (χ0n) is 15.4. The molecule has 0 aromatic heterocycles. The minimum Gasteiger partial charge on any atom is -0.324 e. The zero-order chi connectivity index (χ0) is 19.6. The van der Waals surface area contributed by atoms with Gasteiger partial charge >= 0.3 is 0 Å². The smallest absolute Gasteiger partial charge is 0.243 e. The summed E-state index contributed by atoms with van der Waals surface area (Å²) < 4.78 is 27.3. The Morgan fingerprint density at radius 2 is 1.81 bits per heavy atom. The molecule has 1 N–H and O–H groups in total. The molecule has 1 fully saturated rings. The predicted molar refractivity (Wildman–Crippen MR) is 108 cm³/mol. The molecule has 0 bridgehead atoms. The first-order valence-corrected chi connectivity index (χ1v) is 10.8. The number of carbonyl (C=O) groups excluding carboxylic acids is 1. The van der Waals surface area contributed by atoms with E-state index < -0.39 is 16.1 Å². The van der Waals surface area contributed by atoms with Crippen molar-refractivity contribution in [3.05, 3.63) is 59.1 Å². The molecule has 0 unspecified atom stereocenters. The third-order valence-corrected chi connectivity index (χ3v) is 6.94. The number of benzene rings is 2. The van der Waals surface area contributed by atoms with E-state index in [1.54, 1.807) is 12.1 Å². The summed E-state index contributed by atoms with van der Waals surface area (Å²) in [4.78, 5) is 13.0. The minimum atomic E-state index is -3.75. The van der Waals surface area contributed by atoms with Crippen molar-refractivity contribution in [1.82, 2.24) is 4.31 Å². The molecule has 27 heavy (non-hydrogen) atoms. The molecule has 1 amide bonds. The number of anilines is 1. The van der Waals surface area contributed by atoms with Crippen molar-refractivity contribution < 1.29 is 13.2 Å². The van der Waals surface area contributed by atoms with Crippen molar-refractivity contribution >= 4 is 33.2 Å². The summed E-state index contributed by atoms with van der Waals surface area (Å²) in [5.74, 6) is -0.0443. The number of hydrogen-bond acceptors (Lipinski definition) is 3. The van der Waals surface area contributed by atoms with Gasteiger partial charge in [-0.25, -0.2) is 8.42 Å². The Balaban J connectivity index is 1.84. The van der Waals surface area contributed by atoms with Crippen LogP contribution in [0, 0.1) is 0 Å². The molecular weight excluding hydrogens is 384 g/mol. The fourth-order valence-corrected chi connectivity index (χ4v) is 5.14. The standard InChI is InChI=1S/C20H23ClN2O3S/c1-14(2)17-6-3-4-7-18(17)22-20(24)19-8-5-13-23(19)27(25,26)16-11-9-15(21)10-12-16/h3-4,6-7,9-12,14,19H,5,8,13H2,1-2H3,(H,22,24)/t19-/m1/s1. The SMILES string of the molecule is CC(C)c1ccccc1NC(=O)[C@H]1CCCN1S(=O)(=O)c1ccc(Cl)cc1. The monoisotopic (exact) mass is 406 g/mol. The molecule has 7 heteroatoms. The first kappa shape index (κ1) is 19.9.